The molecule has 0 amide bonds. The Kier molecular flexibility index (Phi) is 15.1. The van der Waals surface area contributed by atoms with Gasteiger partial charge in [-0.05, 0) is 246 Å². The summed E-state index contributed by atoms with van der Waals surface area (Å²) in [5.41, 5.74) is 20.6. The van der Waals surface area contributed by atoms with Crippen LogP contribution in [0.2, 0.25) is 0 Å². The van der Waals surface area contributed by atoms with Crippen LogP contribution in [-0.4, -0.2) is 0 Å². The van der Waals surface area contributed by atoms with Crippen LogP contribution in [0.15, 0.2) is 450 Å². The number of furan rings is 3. The van der Waals surface area contributed by atoms with Crippen LogP contribution in [-0.2, 0) is 0 Å². The van der Waals surface area contributed by atoms with Gasteiger partial charge in [0.15, 0.2) is 0 Å². The van der Waals surface area contributed by atoms with E-state index in [1.807, 2.05) is 72.8 Å². The van der Waals surface area contributed by atoms with E-state index in [2.05, 4.69) is 334 Å². The molecular formula is C118H72O3. The molecule has 23 aromatic carbocycles. The summed E-state index contributed by atoms with van der Waals surface area (Å²) in [6.07, 6.45) is 0. The Morgan fingerprint density at radius 3 is 0.719 bits per heavy atom. The second-order valence-electron chi connectivity index (χ2n) is 31.4. The van der Waals surface area contributed by atoms with Gasteiger partial charge in [-0.15, -0.1) is 0 Å². The van der Waals surface area contributed by atoms with Gasteiger partial charge in [-0.25, -0.2) is 0 Å². The van der Waals surface area contributed by atoms with Crippen molar-refractivity contribution in [3.05, 3.63) is 437 Å². The molecule has 0 bridgehead atoms. The molecule has 0 radical (unpaired) electrons. The van der Waals surface area contributed by atoms with Gasteiger partial charge in [0.05, 0.1) is 6.85 Å². The molecule has 3 heteroatoms. The Hall–Kier alpha value is -15.9. The van der Waals surface area contributed by atoms with E-state index in [-0.39, 0.29) is 29.7 Å². The zero-order chi connectivity index (χ0) is 83.9. The lowest BCUT2D eigenvalue weighted by Gasteiger charge is -2.18. The molecule has 0 spiro atoms. The monoisotopic (exact) mass is 1540 g/mol. The minimum atomic E-state index is -0.396. The van der Waals surface area contributed by atoms with Crippen molar-refractivity contribution in [3.63, 3.8) is 0 Å². The lowest BCUT2D eigenvalue weighted by Crippen LogP contribution is -1.91. The maximum atomic E-state index is 8.77. The quantitative estimate of drug-likeness (QED) is 0.149. The fourth-order valence-electron chi connectivity index (χ4n) is 19.5. The van der Waals surface area contributed by atoms with Crippen molar-refractivity contribution in [2.24, 2.45) is 0 Å². The zero-order valence-electron chi connectivity index (χ0n) is 70.4. The van der Waals surface area contributed by atoms with E-state index < -0.39 is 6.04 Å². The van der Waals surface area contributed by atoms with Crippen LogP contribution in [0.3, 0.4) is 0 Å². The third-order valence-corrected chi connectivity index (χ3v) is 24.8. The van der Waals surface area contributed by atoms with Gasteiger partial charge in [0, 0.05) is 32.3 Å². The summed E-state index contributed by atoms with van der Waals surface area (Å²) in [4.78, 5) is 0. The Bertz CT molecular complexity index is 8850. The number of hydrogen-bond acceptors (Lipinski definition) is 3. The highest BCUT2D eigenvalue weighted by atomic mass is 16.3. The normalized spacial score (nSPS) is 12.4. The van der Waals surface area contributed by atoms with Crippen LogP contribution < -0.4 is 0 Å². The van der Waals surface area contributed by atoms with Gasteiger partial charge in [0.25, 0.3) is 0 Å². The molecule has 26 rings (SSSR count). The first-order valence-corrected chi connectivity index (χ1v) is 41.2. The van der Waals surface area contributed by atoms with Crippen LogP contribution >= 0.6 is 0 Å². The van der Waals surface area contributed by atoms with E-state index in [0.29, 0.717) is 5.56 Å². The maximum absolute atomic E-state index is 8.77. The molecule has 0 aliphatic heterocycles. The summed E-state index contributed by atoms with van der Waals surface area (Å²) in [6, 6.07) is 143. The first-order valence-electron chi connectivity index (χ1n) is 43.7. The third kappa shape index (κ3) is 11.5. The highest BCUT2D eigenvalue weighted by Gasteiger charge is 2.24. The fourth-order valence-corrected chi connectivity index (χ4v) is 19.5. The molecule has 0 atom stereocenters. The Labute approximate surface area is 703 Å². The van der Waals surface area contributed by atoms with Crippen LogP contribution in [0.25, 0.3) is 251 Å². The molecule has 121 heavy (non-hydrogen) atoms. The van der Waals surface area contributed by atoms with Crippen LogP contribution in [0.4, 0.5) is 0 Å². The van der Waals surface area contributed by atoms with Gasteiger partial charge in [-0.3, -0.25) is 0 Å². The SMILES string of the molecule is [2H]c1c([2H])c([2H])c(-c2c3ccccc3c(-c3ccc4oc5ccc6ccccc6c5c4c3)c3ccccc23)c([2H])c1[2H].c1ccc(-c2ccc(-c3c4ccccc4c(-c4ccc5oc6ccc7ccccc7c6c5c4)c4ccccc34)cc2)cc1.c1ccc2cc(-c3c4ccccc4c(-c4ccc5oc6ccc7ccccc7c6c5c4)c4ccccc34)ccc2c1. The summed E-state index contributed by atoms with van der Waals surface area (Å²) in [7, 11) is 0. The molecule has 562 valence electrons. The highest BCUT2D eigenvalue weighted by molar-refractivity contribution is 6.28. The van der Waals surface area contributed by atoms with E-state index >= 15 is 0 Å². The Balaban J connectivity index is 0.000000106. The predicted octanol–water partition coefficient (Wildman–Crippen LogP) is 34.0. The minimum absolute atomic E-state index is 0.206. The van der Waals surface area contributed by atoms with Crippen molar-refractivity contribution in [1.82, 2.24) is 0 Å². The van der Waals surface area contributed by atoms with Gasteiger partial charge in [0.2, 0.25) is 0 Å². The first-order chi connectivity index (χ1) is 62.1. The summed E-state index contributed by atoms with van der Waals surface area (Å²) in [5.74, 6) is 0. The maximum Gasteiger partial charge on any atom is 0.136 e. The lowest BCUT2D eigenvalue weighted by molar-refractivity contribution is 0.669. The Morgan fingerprint density at radius 1 is 0.140 bits per heavy atom. The van der Waals surface area contributed by atoms with E-state index in [9.17, 15) is 0 Å². The third-order valence-electron chi connectivity index (χ3n) is 24.8. The molecular weight excluding hydrogens is 1470 g/mol. The lowest BCUT2D eigenvalue weighted by atomic mass is 9.85. The smallest absolute Gasteiger partial charge is 0.136 e. The number of hydrogen-bond donors (Lipinski definition) is 0. The fraction of sp³-hybridized carbons (Fsp3) is 0. The van der Waals surface area contributed by atoms with E-state index in [1.165, 1.54) is 142 Å². The molecule has 0 aliphatic rings. The molecule has 0 saturated heterocycles. The second kappa shape index (κ2) is 28.5. The van der Waals surface area contributed by atoms with Crippen molar-refractivity contribution >= 4 is 174 Å². The van der Waals surface area contributed by atoms with Gasteiger partial charge in [-0.1, -0.05) is 376 Å². The highest BCUT2D eigenvalue weighted by Crippen LogP contribution is 2.51. The van der Waals surface area contributed by atoms with E-state index in [0.717, 1.165) is 98.5 Å². The topological polar surface area (TPSA) is 39.4 Å². The summed E-state index contributed by atoms with van der Waals surface area (Å²) >= 11 is 0. The van der Waals surface area contributed by atoms with Crippen LogP contribution in [0, 0.1) is 0 Å². The van der Waals surface area contributed by atoms with Gasteiger partial charge >= 0.3 is 0 Å². The number of rotatable bonds is 7. The van der Waals surface area contributed by atoms with Gasteiger partial charge < -0.3 is 13.3 Å². The standard InChI is InChI=1S/C42H26O.C40H24O.C36H22O/c1-2-10-27(11-3-1)28-18-20-30(21-19-28)40-33-14-6-8-16-35(33)41(36-17-9-7-15-34(36)40)31-23-24-38-37(26-31)42-32-13-5-4-12-29(32)22-25-39(42)43-38;1-2-11-27-23-28(18-17-25(27)9-1)38-31-13-5-7-15-33(31)39(34-16-8-6-14-32(34)38)29-20-21-36-35(24-29)40-30-12-4-3-10-26(30)19-22-37(40)41-36;1-2-11-24(12-3-1)34-27-14-6-8-16-29(27)35(30-17-9-7-15-28(30)34)25-19-20-32-31(22-25)36-26-13-5-4-10-23(26)18-21-33(36)37-32/h1-26H;1-24H;1-22H/i;;1D,2D,3D,11D,12D. The molecule has 3 heterocycles. The van der Waals surface area contributed by atoms with Crippen molar-refractivity contribution < 1.29 is 20.1 Å². The zero-order valence-corrected chi connectivity index (χ0v) is 65.4. The van der Waals surface area contributed by atoms with Gasteiger partial charge in [0.1, 0.15) is 33.5 Å². The molecule has 0 aliphatic carbocycles. The first kappa shape index (κ1) is 64.3. The number of fused-ring (bicyclic) bond motifs is 22. The summed E-state index contributed by atoms with van der Waals surface area (Å²) in [6.45, 7) is 0. The van der Waals surface area contributed by atoms with Gasteiger partial charge in [-0.2, -0.15) is 0 Å². The Morgan fingerprint density at radius 2 is 0.372 bits per heavy atom. The summed E-state index contributed by atoms with van der Waals surface area (Å²) < 4.78 is 61.3. The molecule has 0 fully saturated rings. The molecule has 3 aromatic heterocycles. The number of benzene rings is 23. The van der Waals surface area contributed by atoms with Crippen molar-refractivity contribution in [2.45, 2.75) is 0 Å². The molecule has 0 N–H and O–H groups in total. The van der Waals surface area contributed by atoms with Crippen LogP contribution in [0.1, 0.15) is 6.85 Å². The largest absolute Gasteiger partial charge is 0.456 e. The van der Waals surface area contributed by atoms with Crippen molar-refractivity contribution in [3.8, 4) is 77.9 Å². The van der Waals surface area contributed by atoms with Crippen LogP contribution in [0.5, 0.6) is 0 Å². The average molecular weight is 1540 g/mol. The van der Waals surface area contributed by atoms with Crippen molar-refractivity contribution in [1.29, 1.82) is 0 Å². The molecule has 26 aromatic rings. The molecule has 0 saturated carbocycles. The molecule has 0 unspecified atom stereocenters. The van der Waals surface area contributed by atoms with E-state index in [1.54, 1.807) is 0 Å². The minimum Gasteiger partial charge on any atom is -0.456 e. The molecule has 3 nitrogen and oxygen atoms in total. The van der Waals surface area contributed by atoms with E-state index in [4.69, 9.17) is 20.1 Å². The second-order valence-corrected chi connectivity index (χ2v) is 31.4. The predicted molar refractivity (Wildman–Crippen MR) is 514 cm³/mol. The summed E-state index contributed by atoms with van der Waals surface area (Å²) in [5, 5.41) is 30.1. The van der Waals surface area contributed by atoms with Crippen molar-refractivity contribution in [2.75, 3.05) is 0 Å². The average Bonchev–Trinajstić information content (AvgIpc) is 0.974.